The van der Waals surface area contributed by atoms with Crippen LogP contribution in [0.5, 0.6) is 92.0 Å². The van der Waals surface area contributed by atoms with Gasteiger partial charge in [0.2, 0.25) is 23.0 Å². The quantitative estimate of drug-likeness (QED) is 0.0159. The number of aromatic hydroxyl groups is 4. The normalized spacial score (nSPS) is 11.9. The maximum absolute atomic E-state index is 13.5. The largest absolute Gasteiger partial charge is 0.508 e. The first-order valence-electron chi connectivity index (χ1n) is 33.3. The summed E-state index contributed by atoms with van der Waals surface area (Å²) in [6, 6.07) is 40.1. The lowest BCUT2D eigenvalue weighted by atomic mass is 9.80. The van der Waals surface area contributed by atoms with Gasteiger partial charge in [-0.1, -0.05) is 48.5 Å². The van der Waals surface area contributed by atoms with E-state index in [1.54, 1.807) is 72.8 Å². The first-order chi connectivity index (χ1) is 50.3. The number of carbonyl (C=O) groups excluding carboxylic acids is 4. The van der Waals surface area contributed by atoms with Crippen molar-refractivity contribution in [1.29, 1.82) is 0 Å². The first kappa shape index (κ1) is 79.8. The molecule has 0 saturated heterocycles. The minimum atomic E-state index is -0.587. The SMILES string of the molecule is COc1cc(C(=O)OCCC[C@@H](Cc2cccc(O)c2)[C@@H](COC(=O)c2cc(OC)c(OC)c(OC)c2)Cc2cccc(O)c2)cc(OC)c1OC.COc1cc(C(=O)OCCC[C@H](Cc2cccc(O)c2)[C@H](COC(=O)c2cc(OC)c(OC)c(OC)c2)Cc2cccc(O)c2)cc(OC)c1OC. The highest BCUT2D eigenvalue weighted by molar-refractivity contribution is 5.93. The summed E-state index contributed by atoms with van der Waals surface area (Å²) in [6.45, 7) is 0.270. The van der Waals surface area contributed by atoms with Gasteiger partial charge in [-0.15, -0.1) is 0 Å². The van der Waals surface area contributed by atoms with Crippen LogP contribution in [0.25, 0.3) is 0 Å². The monoisotopic (exact) mass is 1440 g/mol. The second-order valence-corrected chi connectivity index (χ2v) is 23.9. The van der Waals surface area contributed by atoms with E-state index in [4.69, 9.17) is 75.8 Å². The highest BCUT2D eigenvalue weighted by Crippen LogP contribution is 2.43. The first-order valence-corrected chi connectivity index (χ1v) is 33.3. The van der Waals surface area contributed by atoms with Crippen molar-refractivity contribution in [3.05, 3.63) is 190 Å². The number of phenols is 4. The lowest BCUT2D eigenvalue weighted by Crippen LogP contribution is -2.26. The molecular formula is C80H92O24. The standard InChI is InChI=1S/2C40H46O12/c2*1-45-33-20-28(21-34(46-2)37(33)49-5)39(43)51-15-9-12-27(16-25-10-7-13-31(41)18-25)30(17-26-11-8-14-32(42)19-26)24-52-40(44)29-22-35(47-3)38(50-6)36(23-29)48-4/h2*7-8,10-11,13-14,18-23,27,30,41-42H,9,12,15-17,24H2,1-6H3/t2*27-,30+/m10/s1. The van der Waals surface area contributed by atoms with Crippen LogP contribution >= 0.6 is 0 Å². The van der Waals surface area contributed by atoms with Crippen LogP contribution in [0, 0.1) is 23.7 Å². The average Bonchev–Trinajstić information content (AvgIpc) is 0.835. The van der Waals surface area contributed by atoms with E-state index in [2.05, 4.69) is 0 Å². The number of hydrogen-bond acceptors (Lipinski definition) is 24. The van der Waals surface area contributed by atoms with Gasteiger partial charge < -0.3 is 96.2 Å². The van der Waals surface area contributed by atoms with Crippen LogP contribution in [0.4, 0.5) is 0 Å². The fraction of sp³-hybridized carbons (Fsp3) is 0.350. The molecule has 24 heteroatoms. The topological polar surface area (TPSA) is 297 Å². The molecule has 8 rings (SSSR count). The molecule has 24 nitrogen and oxygen atoms in total. The van der Waals surface area contributed by atoms with Crippen LogP contribution in [0.15, 0.2) is 146 Å². The summed E-state index contributed by atoms with van der Waals surface area (Å²) in [5.41, 5.74) is 4.39. The van der Waals surface area contributed by atoms with Gasteiger partial charge in [0.25, 0.3) is 0 Å². The molecule has 8 aromatic rings. The molecule has 0 radical (unpaired) electrons. The third-order valence-corrected chi connectivity index (χ3v) is 17.3. The van der Waals surface area contributed by atoms with Crippen LogP contribution in [-0.2, 0) is 44.6 Å². The summed E-state index contributed by atoms with van der Waals surface area (Å²) >= 11 is 0. The van der Waals surface area contributed by atoms with Gasteiger partial charge in [0.1, 0.15) is 23.0 Å². The zero-order valence-corrected chi connectivity index (χ0v) is 60.6. The molecule has 8 aromatic carbocycles. The number of esters is 4. The Bertz CT molecular complexity index is 3770. The summed E-state index contributed by atoms with van der Waals surface area (Å²) in [6.07, 6.45) is 4.10. The van der Waals surface area contributed by atoms with Crippen molar-refractivity contribution < 1.29 is 115 Å². The van der Waals surface area contributed by atoms with E-state index in [1.165, 1.54) is 134 Å². The molecule has 0 fully saturated rings. The molecule has 0 aromatic heterocycles. The number of ether oxygens (including phenoxy) is 16. The Balaban J connectivity index is 0.000000291. The third-order valence-electron chi connectivity index (χ3n) is 17.3. The molecule has 0 aliphatic carbocycles. The van der Waals surface area contributed by atoms with Gasteiger partial charge >= 0.3 is 23.9 Å². The number of rotatable bonds is 38. The Morgan fingerprint density at radius 2 is 0.490 bits per heavy atom. The van der Waals surface area contributed by atoms with Crippen molar-refractivity contribution in [3.63, 3.8) is 0 Å². The molecule has 0 aliphatic heterocycles. The van der Waals surface area contributed by atoms with Gasteiger partial charge in [-0.3, -0.25) is 0 Å². The van der Waals surface area contributed by atoms with Gasteiger partial charge in [-0.25, -0.2) is 19.2 Å². The smallest absolute Gasteiger partial charge is 0.338 e. The second-order valence-electron chi connectivity index (χ2n) is 23.9. The minimum Gasteiger partial charge on any atom is -0.508 e. The number of benzene rings is 8. The Hall–Kier alpha value is -11.6. The van der Waals surface area contributed by atoms with E-state index in [1.807, 2.05) is 24.3 Å². The minimum absolute atomic E-state index is 0.0276. The molecule has 0 bridgehead atoms. The van der Waals surface area contributed by atoms with Gasteiger partial charge in [0, 0.05) is 11.8 Å². The summed E-state index contributed by atoms with van der Waals surface area (Å²) in [5.74, 6) is 1.48. The summed E-state index contributed by atoms with van der Waals surface area (Å²) in [7, 11) is 17.6. The van der Waals surface area contributed by atoms with Gasteiger partial charge in [-0.2, -0.15) is 0 Å². The molecule has 0 spiro atoms. The number of hydrogen-bond donors (Lipinski definition) is 4. The van der Waals surface area contributed by atoms with E-state index >= 15 is 0 Å². The van der Waals surface area contributed by atoms with Crippen molar-refractivity contribution >= 4 is 23.9 Å². The van der Waals surface area contributed by atoms with Crippen LogP contribution in [0.2, 0.25) is 0 Å². The summed E-state index contributed by atoms with van der Waals surface area (Å²) in [4.78, 5) is 53.2. The Morgan fingerprint density at radius 1 is 0.279 bits per heavy atom. The molecule has 0 unspecified atom stereocenters. The zero-order chi connectivity index (χ0) is 75.2. The second kappa shape index (κ2) is 40.2. The predicted octanol–water partition coefficient (Wildman–Crippen LogP) is 13.3. The number of phenolic OH excluding ortho intramolecular Hbond substituents is 4. The summed E-state index contributed by atoms with van der Waals surface area (Å²) in [5, 5.41) is 40.9. The highest BCUT2D eigenvalue weighted by atomic mass is 16.6. The Morgan fingerprint density at radius 3 is 0.692 bits per heavy atom. The maximum Gasteiger partial charge on any atom is 0.338 e. The molecule has 4 N–H and O–H groups in total. The van der Waals surface area contributed by atoms with Crippen LogP contribution in [0.3, 0.4) is 0 Å². The van der Waals surface area contributed by atoms with Crippen LogP contribution in [-0.4, -0.2) is 156 Å². The molecule has 0 amide bonds. The van der Waals surface area contributed by atoms with Gasteiger partial charge in [0.05, 0.1) is 134 Å². The Labute approximate surface area is 605 Å². The van der Waals surface area contributed by atoms with Gasteiger partial charge in [0.15, 0.2) is 46.0 Å². The number of carbonyl (C=O) groups is 4. The lowest BCUT2D eigenvalue weighted by molar-refractivity contribution is 0.0358. The van der Waals surface area contributed by atoms with E-state index in [0.717, 1.165) is 22.3 Å². The van der Waals surface area contributed by atoms with Crippen LogP contribution < -0.4 is 56.8 Å². The Kier molecular flexibility index (Phi) is 30.8. The van der Waals surface area contributed by atoms with Crippen LogP contribution in [0.1, 0.15) is 89.4 Å². The molecule has 556 valence electrons. The fourth-order valence-electron chi connectivity index (χ4n) is 12.2. The van der Waals surface area contributed by atoms with E-state index in [0.29, 0.717) is 120 Å². The molecule has 104 heavy (non-hydrogen) atoms. The third kappa shape index (κ3) is 22.2. The maximum atomic E-state index is 13.5. The van der Waals surface area contributed by atoms with Crippen molar-refractivity contribution in [1.82, 2.24) is 0 Å². The molecule has 4 atom stereocenters. The van der Waals surface area contributed by atoms with Crippen molar-refractivity contribution in [2.75, 3.05) is 112 Å². The molecule has 0 heterocycles. The van der Waals surface area contributed by atoms with Gasteiger partial charge in [-0.05, 0) is 183 Å². The van der Waals surface area contributed by atoms with Crippen molar-refractivity contribution in [3.8, 4) is 92.0 Å². The van der Waals surface area contributed by atoms with E-state index < -0.39 is 23.9 Å². The van der Waals surface area contributed by atoms with Crippen molar-refractivity contribution in [2.24, 2.45) is 23.7 Å². The lowest BCUT2D eigenvalue weighted by Gasteiger charge is -2.28. The molecule has 0 aliphatic rings. The van der Waals surface area contributed by atoms with E-state index in [-0.39, 0.29) is 95.4 Å². The zero-order valence-electron chi connectivity index (χ0n) is 60.6. The summed E-state index contributed by atoms with van der Waals surface area (Å²) < 4.78 is 87.9. The number of methoxy groups -OCH3 is 12. The predicted molar refractivity (Wildman–Crippen MR) is 385 cm³/mol. The molecular weight excluding hydrogens is 1340 g/mol. The average molecular weight is 1440 g/mol. The highest BCUT2D eigenvalue weighted by Gasteiger charge is 2.30. The van der Waals surface area contributed by atoms with E-state index in [9.17, 15) is 39.6 Å². The molecule has 0 saturated carbocycles. The van der Waals surface area contributed by atoms with Crippen molar-refractivity contribution in [2.45, 2.75) is 51.4 Å². The fourth-order valence-corrected chi connectivity index (χ4v) is 12.2.